The Labute approximate surface area is 115 Å². The summed E-state index contributed by atoms with van der Waals surface area (Å²) in [6, 6.07) is 8.82. The van der Waals surface area contributed by atoms with E-state index >= 15 is 0 Å². The number of nitriles is 1. The number of rotatable bonds is 3. The van der Waals surface area contributed by atoms with E-state index in [0.29, 0.717) is 22.8 Å². The molecule has 4 nitrogen and oxygen atoms in total. The molecule has 0 aliphatic rings. The fourth-order valence-electron chi connectivity index (χ4n) is 1.71. The molecule has 0 saturated carbocycles. The van der Waals surface area contributed by atoms with Crippen LogP contribution in [0.3, 0.4) is 0 Å². The van der Waals surface area contributed by atoms with Gasteiger partial charge < -0.3 is 9.73 Å². The predicted octanol–water partition coefficient (Wildman–Crippen LogP) is 3.72. The van der Waals surface area contributed by atoms with E-state index in [1.165, 1.54) is 0 Å². The van der Waals surface area contributed by atoms with Crippen LogP contribution in [0, 0.1) is 24.5 Å². The highest BCUT2D eigenvalue weighted by Gasteiger charge is 2.13. The minimum absolute atomic E-state index is 0.199. The molecule has 1 N–H and O–H groups in total. The third-order valence-electron chi connectivity index (χ3n) is 2.56. The molecule has 0 aliphatic carbocycles. The van der Waals surface area contributed by atoms with Crippen LogP contribution in [0.2, 0.25) is 0 Å². The van der Waals surface area contributed by atoms with Crippen molar-refractivity contribution in [3.8, 4) is 5.40 Å². The van der Waals surface area contributed by atoms with Gasteiger partial charge in [0.15, 0.2) is 0 Å². The monoisotopic (exact) mass is 272 g/mol. The van der Waals surface area contributed by atoms with Gasteiger partial charge in [-0.2, -0.15) is 5.26 Å². The number of furan rings is 1. The van der Waals surface area contributed by atoms with E-state index in [-0.39, 0.29) is 5.91 Å². The van der Waals surface area contributed by atoms with Gasteiger partial charge in [-0.05, 0) is 55.9 Å². The molecule has 5 heteroatoms. The summed E-state index contributed by atoms with van der Waals surface area (Å²) < 4.78 is 5.32. The van der Waals surface area contributed by atoms with Crippen molar-refractivity contribution in [2.45, 2.75) is 18.7 Å². The van der Waals surface area contributed by atoms with Crippen molar-refractivity contribution < 1.29 is 9.21 Å². The number of nitrogens with zero attached hydrogens (tertiary/aromatic N) is 1. The highest BCUT2D eigenvalue weighted by atomic mass is 32.2. The van der Waals surface area contributed by atoms with Crippen LogP contribution in [-0.2, 0) is 0 Å². The summed E-state index contributed by atoms with van der Waals surface area (Å²) in [7, 11) is 0. The first-order chi connectivity index (χ1) is 9.10. The average molecular weight is 272 g/mol. The lowest BCUT2D eigenvalue weighted by atomic mass is 10.2. The summed E-state index contributed by atoms with van der Waals surface area (Å²) in [5.74, 6) is 1.12. The molecule has 1 aromatic heterocycles. The van der Waals surface area contributed by atoms with E-state index in [1.54, 1.807) is 44.2 Å². The number of thiocyanates is 1. The molecule has 1 heterocycles. The lowest BCUT2D eigenvalue weighted by Crippen LogP contribution is -2.11. The standard InChI is InChI=1S/C14H12N2O2S/c1-9-7-13(10(2)18-9)14(17)16-11-3-5-12(6-4-11)19-8-15/h3-7H,1-2H3,(H,16,17). The number of anilines is 1. The fourth-order valence-corrected chi connectivity index (χ4v) is 2.09. The van der Waals surface area contributed by atoms with Crippen molar-refractivity contribution in [2.75, 3.05) is 5.32 Å². The molecule has 0 fully saturated rings. The minimum atomic E-state index is -0.199. The van der Waals surface area contributed by atoms with Crippen LogP contribution in [0.25, 0.3) is 0 Å². The molecule has 0 spiro atoms. The summed E-state index contributed by atoms with van der Waals surface area (Å²) in [6.07, 6.45) is 0. The van der Waals surface area contributed by atoms with Crippen molar-refractivity contribution in [3.63, 3.8) is 0 Å². The van der Waals surface area contributed by atoms with Crippen LogP contribution >= 0.6 is 11.8 Å². The Morgan fingerprint density at radius 3 is 2.53 bits per heavy atom. The number of hydrogen-bond donors (Lipinski definition) is 1. The maximum Gasteiger partial charge on any atom is 0.259 e. The zero-order valence-electron chi connectivity index (χ0n) is 10.6. The highest BCUT2D eigenvalue weighted by molar-refractivity contribution is 8.03. The largest absolute Gasteiger partial charge is 0.466 e. The van der Waals surface area contributed by atoms with Crippen molar-refractivity contribution in [1.82, 2.24) is 0 Å². The Hall–Kier alpha value is -2.19. The first kappa shape index (κ1) is 13.2. The third-order valence-corrected chi connectivity index (χ3v) is 3.16. The van der Waals surface area contributed by atoms with Crippen LogP contribution in [0.1, 0.15) is 21.9 Å². The first-order valence-electron chi connectivity index (χ1n) is 5.64. The molecule has 0 radical (unpaired) electrons. The van der Waals surface area contributed by atoms with Crippen LogP contribution in [0.15, 0.2) is 39.6 Å². The molecular formula is C14H12N2O2S. The predicted molar refractivity (Wildman–Crippen MR) is 74.0 cm³/mol. The maximum absolute atomic E-state index is 12.0. The number of thioether (sulfide) groups is 1. The Morgan fingerprint density at radius 2 is 2.00 bits per heavy atom. The highest BCUT2D eigenvalue weighted by Crippen LogP contribution is 2.20. The zero-order valence-corrected chi connectivity index (χ0v) is 11.4. The Balaban J connectivity index is 2.11. The summed E-state index contributed by atoms with van der Waals surface area (Å²) in [5, 5.41) is 13.3. The van der Waals surface area contributed by atoms with Crippen molar-refractivity contribution in [1.29, 1.82) is 5.26 Å². The molecule has 0 saturated heterocycles. The van der Waals surface area contributed by atoms with Crippen LogP contribution < -0.4 is 5.32 Å². The number of amides is 1. The van der Waals surface area contributed by atoms with Crippen molar-refractivity contribution in [2.24, 2.45) is 0 Å². The normalized spacial score (nSPS) is 9.95. The molecule has 0 aliphatic heterocycles. The zero-order chi connectivity index (χ0) is 13.8. The number of nitrogens with one attached hydrogen (secondary N) is 1. The Kier molecular flexibility index (Phi) is 3.93. The maximum atomic E-state index is 12.0. The lowest BCUT2D eigenvalue weighted by molar-refractivity contribution is 0.102. The van der Waals surface area contributed by atoms with Gasteiger partial charge in [0.05, 0.1) is 5.56 Å². The summed E-state index contributed by atoms with van der Waals surface area (Å²) in [5.41, 5.74) is 1.22. The number of aryl methyl sites for hydroxylation is 2. The van der Waals surface area contributed by atoms with E-state index in [2.05, 4.69) is 5.32 Å². The minimum Gasteiger partial charge on any atom is -0.466 e. The molecule has 0 unspecified atom stereocenters. The quantitative estimate of drug-likeness (QED) is 0.683. The number of carbonyl (C=O) groups excluding carboxylic acids is 1. The fraction of sp³-hybridized carbons (Fsp3) is 0.143. The number of hydrogen-bond acceptors (Lipinski definition) is 4. The van der Waals surface area contributed by atoms with Crippen LogP contribution in [-0.4, -0.2) is 5.91 Å². The number of carbonyl (C=O) groups is 1. The van der Waals surface area contributed by atoms with E-state index in [0.717, 1.165) is 16.7 Å². The first-order valence-corrected chi connectivity index (χ1v) is 6.46. The van der Waals surface area contributed by atoms with Gasteiger partial charge in [-0.25, -0.2) is 0 Å². The SMILES string of the molecule is Cc1cc(C(=O)Nc2ccc(SC#N)cc2)c(C)o1. The molecule has 1 amide bonds. The van der Waals surface area contributed by atoms with E-state index in [9.17, 15) is 4.79 Å². The van der Waals surface area contributed by atoms with Gasteiger partial charge >= 0.3 is 0 Å². The van der Waals surface area contributed by atoms with E-state index in [1.807, 2.05) is 5.40 Å². The van der Waals surface area contributed by atoms with Gasteiger partial charge in [-0.1, -0.05) is 0 Å². The molecule has 96 valence electrons. The van der Waals surface area contributed by atoms with Gasteiger partial charge in [0.25, 0.3) is 5.91 Å². The van der Waals surface area contributed by atoms with Gasteiger partial charge in [0.2, 0.25) is 0 Å². The van der Waals surface area contributed by atoms with Gasteiger partial charge in [0.1, 0.15) is 16.9 Å². The van der Waals surface area contributed by atoms with Crippen molar-refractivity contribution in [3.05, 3.63) is 47.4 Å². The van der Waals surface area contributed by atoms with Gasteiger partial charge in [-0.3, -0.25) is 4.79 Å². The number of benzene rings is 1. The second-order valence-electron chi connectivity index (χ2n) is 4.00. The molecule has 0 bridgehead atoms. The molecule has 2 aromatic rings. The third kappa shape index (κ3) is 3.18. The van der Waals surface area contributed by atoms with E-state index < -0.39 is 0 Å². The van der Waals surface area contributed by atoms with Gasteiger partial charge in [-0.15, -0.1) is 0 Å². The Bertz CT molecular complexity index is 638. The van der Waals surface area contributed by atoms with E-state index in [4.69, 9.17) is 9.68 Å². The van der Waals surface area contributed by atoms with Gasteiger partial charge in [0, 0.05) is 10.6 Å². The van der Waals surface area contributed by atoms with Crippen molar-refractivity contribution >= 4 is 23.4 Å². The molecule has 1 aromatic carbocycles. The second kappa shape index (κ2) is 5.63. The molecular weight excluding hydrogens is 260 g/mol. The summed E-state index contributed by atoms with van der Waals surface area (Å²) in [4.78, 5) is 12.9. The average Bonchev–Trinajstić information content (AvgIpc) is 2.71. The summed E-state index contributed by atoms with van der Waals surface area (Å²) in [6.45, 7) is 3.56. The molecule has 0 atom stereocenters. The lowest BCUT2D eigenvalue weighted by Gasteiger charge is -2.04. The second-order valence-corrected chi connectivity index (χ2v) is 4.86. The van der Waals surface area contributed by atoms with Crippen LogP contribution in [0.5, 0.6) is 0 Å². The topological polar surface area (TPSA) is 66.0 Å². The molecule has 19 heavy (non-hydrogen) atoms. The summed E-state index contributed by atoms with van der Waals surface area (Å²) >= 11 is 1.08. The van der Waals surface area contributed by atoms with Crippen LogP contribution in [0.4, 0.5) is 5.69 Å². The molecule has 2 rings (SSSR count). The smallest absolute Gasteiger partial charge is 0.259 e. The Morgan fingerprint density at radius 1 is 1.32 bits per heavy atom.